The van der Waals surface area contributed by atoms with E-state index in [2.05, 4.69) is 29.5 Å². The Morgan fingerprint density at radius 2 is 2.00 bits per heavy atom. The summed E-state index contributed by atoms with van der Waals surface area (Å²) in [6, 6.07) is 0. The maximum atomic E-state index is 9.10. The Balaban J connectivity index is 0.000000567. The van der Waals surface area contributed by atoms with Crippen LogP contribution in [0.4, 0.5) is 0 Å². The fourth-order valence-corrected chi connectivity index (χ4v) is 1.83. The van der Waals surface area contributed by atoms with Crippen molar-refractivity contribution in [3.63, 3.8) is 0 Å². The lowest BCUT2D eigenvalue weighted by molar-refractivity contribution is -0.159. The molecule has 0 aromatic carbocycles. The average molecular weight is 318 g/mol. The fraction of sp³-hybridized carbons (Fsp3) is 0.615. The van der Waals surface area contributed by atoms with E-state index in [1.807, 2.05) is 6.92 Å². The number of ether oxygens (including phenoxy) is 1. The topological polar surface area (TPSA) is 109 Å². The highest BCUT2D eigenvalue weighted by molar-refractivity contribution is 7.09. The predicted molar refractivity (Wildman–Crippen MR) is 79.5 cm³/mol. The molecule has 0 bridgehead atoms. The first-order chi connectivity index (χ1) is 9.82. The third-order valence-corrected chi connectivity index (χ3v) is 2.93. The van der Waals surface area contributed by atoms with E-state index >= 15 is 0 Å². The second-order valence-corrected chi connectivity index (χ2v) is 5.48. The van der Waals surface area contributed by atoms with Crippen molar-refractivity contribution in [1.82, 2.24) is 10.3 Å². The minimum absolute atomic E-state index is 0.339. The summed E-state index contributed by atoms with van der Waals surface area (Å²) in [5.41, 5.74) is 1.14. The molecule has 8 heteroatoms. The summed E-state index contributed by atoms with van der Waals surface area (Å²) in [4.78, 5) is 22.6. The predicted octanol–water partition coefficient (Wildman–Crippen LogP) is 1.51. The van der Waals surface area contributed by atoms with Crippen LogP contribution in [-0.2, 0) is 20.9 Å². The maximum Gasteiger partial charge on any atom is 0.414 e. The quantitative estimate of drug-likeness (QED) is 0.516. The van der Waals surface area contributed by atoms with Gasteiger partial charge in [-0.15, -0.1) is 11.3 Å². The molecule has 7 nitrogen and oxygen atoms in total. The van der Waals surface area contributed by atoms with Crippen molar-refractivity contribution in [2.45, 2.75) is 39.8 Å². The van der Waals surface area contributed by atoms with Gasteiger partial charge in [0.2, 0.25) is 0 Å². The number of rotatable bonds is 7. The van der Waals surface area contributed by atoms with Crippen molar-refractivity contribution < 1.29 is 24.5 Å². The van der Waals surface area contributed by atoms with Gasteiger partial charge in [-0.1, -0.05) is 0 Å². The normalized spacial score (nSPS) is 10.1. The van der Waals surface area contributed by atoms with Crippen molar-refractivity contribution in [2.75, 3.05) is 13.2 Å². The first-order valence-corrected chi connectivity index (χ1v) is 7.40. The standard InChI is InChI=1S/C11H20N2OS.C2H2O4/c1-9(2)14-6-4-5-12-7-11-8-15-10(3)13-11;3-1(4)2(5)6/h8-9,12H,4-7H2,1-3H3;(H,3,4)(H,5,6). The van der Waals surface area contributed by atoms with Gasteiger partial charge >= 0.3 is 11.9 Å². The molecule has 21 heavy (non-hydrogen) atoms. The molecule has 1 heterocycles. The third-order valence-electron chi connectivity index (χ3n) is 2.10. The Kier molecular flexibility index (Phi) is 10.4. The molecule has 0 saturated carbocycles. The fourth-order valence-electron chi connectivity index (χ4n) is 1.22. The summed E-state index contributed by atoms with van der Waals surface area (Å²) in [6.07, 6.45) is 1.40. The van der Waals surface area contributed by atoms with Crippen molar-refractivity contribution >= 4 is 23.3 Å². The number of carbonyl (C=O) groups is 2. The zero-order valence-electron chi connectivity index (χ0n) is 12.5. The minimum Gasteiger partial charge on any atom is -0.473 e. The molecule has 0 aliphatic rings. The summed E-state index contributed by atoms with van der Waals surface area (Å²) >= 11 is 1.70. The number of nitrogens with one attached hydrogen (secondary N) is 1. The molecular formula is C13H22N2O5S. The van der Waals surface area contributed by atoms with Gasteiger partial charge in [0.1, 0.15) is 0 Å². The van der Waals surface area contributed by atoms with Gasteiger partial charge < -0.3 is 20.3 Å². The molecular weight excluding hydrogens is 296 g/mol. The van der Waals surface area contributed by atoms with Crippen LogP contribution in [0.5, 0.6) is 0 Å². The van der Waals surface area contributed by atoms with Gasteiger partial charge in [0.15, 0.2) is 0 Å². The van der Waals surface area contributed by atoms with Gasteiger partial charge in [-0.05, 0) is 33.7 Å². The number of nitrogens with zero attached hydrogens (tertiary/aromatic N) is 1. The Labute approximate surface area is 128 Å². The Bertz CT molecular complexity index is 422. The first kappa shape index (κ1) is 19.5. The van der Waals surface area contributed by atoms with Crippen LogP contribution in [0.25, 0.3) is 0 Å². The molecule has 0 fully saturated rings. The molecule has 0 spiro atoms. The van der Waals surface area contributed by atoms with E-state index in [1.54, 1.807) is 11.3 Å². The molecule has 120 valence electrons. The highest BCUT2D eigenvalue weighted by Crippen LogP contribution is 2.06. The van der Waals surface area contributed by atoms with Gasteiger partial charge in [0, 0.05) is 18.5 Å². The smallest absolute Gasteiger partial charge is 0.414 e. The van der Waals surface area contributed by atoms with Gasteiger partial charge in [-0.2, -0.15) is 0 Å². The number of aryl methyl sites for hydroxylation is 1. The van der Waals surface area contributed by atoms with Crippen LogP contribution in [0.1, 0.15) is 31.0 Å². The van der Waals surface area contributed by atoms with Crippen LogP contribution in [0.2, 0.25) is 0 Å². The van der Waals surface area contributed by atoms with Crippen molar-refractivity contribution in [3.05, 3.63) is 16.1 Å². The van der Waals surface area contributed by atoms with E-state index in [9.17, 15) is 0 Å². The second kappa shape index (κ2) is 11.2. The number of aromatic nitrogens is 1. The average Bonchev–Trinajstić information content (AvgIpc) is 2.79. The zero-order valence-corrected chi connectivity index (χ0v) is 13.3. The Hall–Kier alpha value is -1.51. The van der Waals surface area contributed by atoms with E-state index in [1.165, 1.54) is 0 Å². The van der Waals surface area contributed by atoms with Crippen molar-refractivity contribution in [1.29, 1.82) is 0 Å². The molecule has 1 rings (SSSR count). The maximum absolute atomic E-state index is 9.10. The molecule has 0 radical (unpaired) electrons. The van der Waals surface area contributed by atoms with Crippen molar-refractivity contribution in [3.8, 4) is 0 Å². The summed E-state index contributed by atoms with van der Waals surface area (Å²) in [5.74, 6) is -3.65. The molecule has 0 aliphatic heterocycles. The number of hydrogen-bond donors (Lipinski definition) is 3. The van der Waals surface area contributed by atoms with E-state index in [4.69, 9.17) is 24.5 Å². The first-order valence-electron chi connectivity index (χ1n) is 6.52. The molecule has 0 amide bonds. The third kappa shape index (κ3) is 12.0. The van der Waals surface area contributed by atoms with Crippen molar-refractivity contribution in [2.24, 2.45) is 0 Å². The highest BCUT2D eigenvalue weighted by Gasteiger charge is 2.04. The highest BCUT2D eigenvalue weighted by atomic mass is 32.1. The molecule has 1 aromatic heterocycles. The molecule has 0 aliphatic carbocycles. The lowest BCUT2D eigenvalue weighted by Gasteiger charge is -2.07. The van der Waals surface area contributed by atoms with Crippen LogP contribution in [0.15, 0.2) is 5.38 Å². The van der Waals surface area contributed by atoms with Gasteiger partial charge in [0.25, 0.3) is 0 Å². The molecule has 0 saturated heterocycles. The van der Waals surface area contributed by atoms with Gasteiger partial charge in [-0.3, -0.25) is 0 Å². The van der Waals surface area contributed by atoms with Crippen LogP contribution >= 0.6 is 11.3 Å². The number of carboxylic acid groups (broad SMARTS) is 2. The van der Waals surface area contributed by atoms with Crippen LogP contribution in [0.3, 0.4) is 0 Å². The summed E-state index contributed by atoms with van der Waals surface area (Å²) < 4.78 is 5.44. The molecule has 0 unspecified atom stereocenters. The van der Waals surface area contributed by atoms with Crippen LogP contribution in [-0.4, -0.2) is 46.4 Å². The van der Waals surface area contributed by atoms with Gasteiger partial charge in [-0.25, -0.2) is 14.6 Å². The lowest BCUT2D eigenvalue weighted by atomic mass is 10.4. The summed E-state index contributed by atoms with van der Waals surface area (Å²) in [6.45, 7) is 8.84. The summed E-state index contributed by atoms with van der Waals surface area (Å²) in [5, 5.41) is 21.4. The van der Waals surface area contributed by atoms with E-state index in [-0.39, 0.29) is 0 Å². The number of aliphatic carboxylic acids is 2. The summed E-state index contributed by atoms with van der Waals surface area (Å²) in [7, 11) is 0. The van der Waals surface area contributed by atoms with Crippen LogP contribution < -0.4 is 5.32 Å². The minimum atomic E-state index is -1.82. The lowest BCUT2D eigenvalue weighted by Crippen LogP contribution is -2.17. The largest absolute Gasteiger partial charge is 0.473 e. The molecule has 3 N–H and O–H groups in total. The Morgan fingerprint density at radius 1 is 1.38 bits per heavy atom. The second-order valence-electron chi connectivity index (χ2n) is 4.42. The molecule has 1 aromatic rings. The Morgan fingerprint density at radius 3 is 2.43 bits per heavy atom. The van der Waals surface area contributed by atoms with Crippen LogP contribution in [0, 0.1) is 6.92 Å². The zero-order chi connectivity index (χ0) is 16.3. The monoisotopic (exact) mass is 318 g/mol. The number of thiazole rings is 1. The number of hydrogen-bond acceptors (Lipinski definition) is 6. The van der Waals surface area contributed by atoms with E-state index in [0.717, 1.165) is 36.8 Å². The van der Waals surface area contributed by atoms with E-state index < -0.39 is 11.9 Å². The van der Waals surface area contributed by atoms with E-state index in [0.29, 0.717) is 6.10 Å². The van der Waals surface area contributed by atoms with Gasteiger partial charge in [0.05, 0.1) is 16.8 Å². The number of carboxylic acids is 2. The molecule has 0 atom stereocenters. The SMILES string of the molecule is Cc1nc(CNCCCOC(C)C)cs1.O=C(O)C(=O)O.